The number of nitrogens with one attached hydrogen (secondary N) is 1. The monoisotopic (exact) mass is 509 g/mol. The summed E-state index contributed by atoms with van der Waals surface area (Å²) in [7, 11) is 0. The average Bonchev–Trinajstić information content (AvgIpc) is 3.23. The number of aryl methyl sites for hydroxylation is 2. The van der Waals surface area contributed by atoms with Gasteiger partial charge in [0.25, 0.3) is 11.5 Å². The third-order valence-electron chi connectivity index (χ3n) is 5.48. The normalized spacial score (nSPS) is 13.3. The average molecular weight is 510 g/mol. The van der Waals surface area contributed by atoms with Crippen molar-refractivity contribution in [1.29, 1.82) is 0 Å². The van der Waals surface area contributed by atoms with Gasteiger partial charge < -0.3 is 0 Å². The number of halogens is 1. The van der Waals surface area contributed by atoms with E-state index in [-0.39, 0.29) is 17.2 Å². The van der Waals surface area contributed by atoms with Crippen LogP contribution in [0.25, 0.3) is 15.9 Å². The van der Waals surface area contributed by atoms with Crippen LogP contribution in [0, 0.1) is 0 Å². The van der Waals surface area contributed by atoms with Gasteiger partial charge in [0, 0.05) is 22.3 Å². The summed E-state index contributed by atoms with van der Waals surface area (Å²) in [4.78, 5) is 36.9. The van der Waals surface area contributed by atoms with E-state index < -0.39 is 0 Å². The van der Waals surface area contributed by atoms with Crippen molar-refractivity contribution in [1.82, 2.24) is 20.0 Å². The van der Waals surface area contributed by atoms with E-state index in [2.05, 4.69) is 15.5 Å². The fourth-order valence-electron chi connectivity index (χ4n) is 3.89. The van der Waals surface area contributed by atoms with Gasteiger partial charge in [0.1, 0.15) is 4.83 Å². The molecule has 0 saturated carbocycles. The quantitative estimate of drug-likeness (QED) is 0.177. The van der Waals surface area contributed by atoms with Crippen LogP contribution in [-0.2, 0) is 17.6 Å². The van der Waals surface area contributed by atoms with Gasteiger partial charge in [-0.05, 0) is 73.2 Å². The molecule has 3 heterocycles. The third-order valence-corrected chi connectivity index (χ3v) is 7.86. The number of pyridine rings is 1. The highest BCUT2D eigenvalue weighted by atomic mass is 35.5. The molecule has 1 amide bonds. The summed E-state index contributed by atoms with van der Waals surface area (Å²) < 4.78 is 1.58. The summed E-state index contributed by atoms with van der Waals surface area (Å²) in [6.45, 7) is 0. The van der Waals surface area contributed by atoms with Gasteiger partial charge in [-0.1, -0.05) is 23.4 Å². The zero-order valence-corrected chi connectivity index (χ0v) is 20.4. The van der Waals surface area contributed by atoms with Gasteiger partial charge in [0.15, 0.2) is 5.16 Å². The highest BCUT2D eigenvalue weighted by molar-refractivity contribution is 7.99. The molecule has 5 rings (SSSR count). The molecular formula is C24H20ClN5O2S2. The zero-order chi connectivity index (χ0) is 23.5. The molecule has 34 heavy (non-hydrogen) atoms. The number of carbonyl (C=O) groups excluding carboxylic acids is 1. The molecule has 0 radical (unpaired) electrons. The molecule has 0 spiro atoms. The Bertz CT molecular complexity index is 1430. The van der Waals surface area contributed by atoms with Crippen LogP contribution in [0.5, 0.6) is 0 Å². The van der Waals surface area contributed by atoms with Crippen LogP contribution in [0.1, 0.15) is 28.8 Å². The van der Waals surface area contributed by atoms with Crippen molar-refractivity contribution in [3.8, 4) is 5.69 Å². The number of fused-ring (bicyclic) bond motifs is 3. The molecule has 1 aliphatic rings. The molecule has 3 aromatic heterocycles. The SMILES string of the molecule is O=C(CSc1nc2sc3c(c2c(=O)n1-c1ccc(Cl)cc1)CCCC3)NN=Cc1ccncc1. The Morgan fingerprint density at radius 1 is 1.18 bits per heavy atom. The molecule has 4 aromatic rings. The van der Waals surface area contributed by atoms with E-state index in [0.29, 0.717) is 21.3 Å². The van der Waals surface area contributed by atoms with Gasteiger partial charge >= 0.3 is 0 Å². The van der Waals surface area contributed by atoms with Gasteiger partial charge in [-0.3, -0.25) is 19.1 Å². The highest BCUT2D eigenvalue weighted by Crippen LogP contribution is 2.35. The Balaban J connectivity index is 1.45. The van der Waals surface area contributed by atoms with Crippen molar-refractivity contribution in [2.45, 2.75) is 30.8 Å². The summed E-state index contributed by atoms with van der Waals surface area (Å²) >= 11 is 8.87. The number of thiophene rings is 1. The summed E-state index contributed by atoms with van der Waals surface area (Å²) in [5.41, 5.74) is 5.04. The largest absolute Gasteiger partial charge is 0.272 e. The second-order valence-electron chi connectivity index (χ2n) is 7.76. The smallest absolute Gasteiger partial charge is 0.267 e. The van der Waals surface area contributed by atoms with Gasteiger partial charge in [-0.15, -0.1) is 11.3 Å². The first-order valence-electron chi connectivity index (χ1n) is 10.8. The van der Waals surface area contributed by atoms with E-state index in [4.69, 9.17) is 16.6 Å². The predicted molar refractivity (Wildman–Crippen MR) is 138 cm³/mol. The fourth-order valence-corrected chi connectivity index (χ4v) is 6.13. The summed E-state index contributed by atoms with van der Waals surface area (Å²) in [5.74, 6) is -0.234. The third kappa shape index (κ3) is 4.77. The number of thioether (sulfide) groups is 1. The van der Waals surface area contributed by atoms with E-state index >= 15 is 0 Å². The molecular weight excluding hydrogens is 490 g/mol. The van der Waals surface area contributed by atoms with E-state index in [9.17, 15) is 9.59 Å². The fraction of sp³-hybridized carbons (Fsp3) is 0.208. The van der Waals surface area contributed by atoms with Crippen LogP contribution in [0.4, 0.5) is 0 Å². The Kier molecular flexibility index (Phi) is 6.75. The number of rotatable bonds is 6. The van der Waals surface area contributed by atoms with Crippen molar-refractivity contribution < 1.29 is 4.79 Å². The van der Waals surface area contributed by atoms with Crippen molar-refractivity contribution in [2.24, 2.45) is 5.10 Å². The molecule has 10 heteroatoms. The molecule has 7 nitrogen and oxygen atoms in total. The topological polar surface area (TPSA) is 89.2 Å². The van der Waals surface area contributed by atoms with Crippen molar-refractivity contribution >= 4 is 57.0 Å². The molecule has 0 atom stereocenters. The van der Waals surface area contributed by atoms with E-state index in [1.807, 2.05) is 0 Å². The Hall–Kier alpha value is -3.01. The second kappa shape index (κ2) is 10.1. The van der Waals surface area contributed by atoms with E-state index in [1.54, 1.807) is 70.9 Å². The summed E-state index contributed by atoms with van der Waals surface area (Å²) in [5, 5.41) is 5.74. The number of aromatic nitrogens is 3. The van der Waals surface area contributed by atoms with E-state index in [1.165, 1.54) is 16.6 Å². The molecule has 1 aromatic carbocycles. The lowest BCUT2D eigenvalue weighted by Gasteiger charge is -2.13. The number of hydrogen-bond acceptors (Lipinski definition) is 7. The number of hydrazone groups is 1. The van der Waals surface area contributed by atoms with Gasteiger partial charge in [-0.2, -0.15) is 5.10 Å². The Labute approximate surface area is 208 Å². The predicted octanol–water partition coefficient (Wildman–Crippen LogP) is 4.62. The van der Waals surface area contributed by atoms with E-state index in [0.717, 1.165) is 41.6 Å². The maximum Gasteiger partial charge on any atom is 0.267 e. The Morgan fingerprint density at radius 2 is 1.94 bits per heavy atom. The van der Waals surface area contributed by atoms with Crippen LogP contribution in [-0.4, -0.2) is 32.4 Å². The number of carbonyl (C=O) groups is 1. The first-order chi connectivity index (χ1) is 16.6. The van der Waals surface area contributed by atoms with Gasteiger partial charge in [-0.25, -0.2) is 10.4 Å². The van der Waals surface area contributed by atoms with Crippen LogP contribution >= 0.6 is 34.7 Å². The molecule has 1 aliphatic carbocycles. The van der Waals surface area contributed by atoms with Crippen LogP contribution < -0.4 is 11.0 Å². The lowest BCUT2D eigenvalue weighted by Crippen LogP contribution is -2.24. The molecule has 0 saturated heterocycles. The minimum absolute atomic E-state index is 0.0598. The first kappa shape index (κ1) is 22.8. The molecule has 0 aliphatic heterocycles. The Morgan fingerprint density at radius 3 is 2.74 bits per heavy atom. The van der Waals surface area contributed by atoms with Crippen LogP contribution in [0.15, 0.2) is 63.8 Å². The lowest BCUT2D eigenvalue weighted by atomic mass is 9.97. The van der Waals surface area contributed by atoms with Gasteiger partial charge in [0.05, 0.1) is 23.0 Å². The molecule has 0 bridgehead atoms. The number of amides is 1. The minimum Gasteiger partial charge on any atom is -0.272 e. The number of nitrogens with zero attached hydrogens (tertiary/aromatic N) is 4. The number of hydrogen-bond donors (Lipinski definition) is 1. The van der Waals surface area contributed by atoms with Crippen LogP contribution in [0.3, 0.4) is 0 Å². The highest BCUT2D eigenvalue weighted by Gasteiger charge is 2.23. The summed E-state index contributed by atoms with van der Waals surface area (Å²) in [6.07, 6.45) is 8.95. The standard InChI is InChI=1S/C24H20ClN5O2S2/c25-16-5-7-17(8-6-16)30-23(32)21-18-3-1-2-4-19(18)34-22(21)28-24(30)33-14-20(31)29-27-13-15-9-11-26-12-10-15/h5-13H,1-4,14H2,(H,29,31). The van der Waals surface area contributed by atoms with Gasteiger partial charge in [0.2, 0.25) is 0 Å². The van der Waals surface area contributed by atoms with Crippen molar-refractivity contribution in [3.63, 3.8) is 0 Å². The van der Waals surface area contributed by atoms with Crippen LogP contribution in [0.2, 0.25) is 5.02 Å². The lowest BCUT2D eigenvalue weighted by molar-refractivity contribution is -0.118. The number of benzene rings is 1. The molecule has 0 fully saturated rings. The maximum atomic E-state index is 13.7. The molecule has 0 unspecified atom stereocenters. The molecule has 1 N–H and O–H groups in total. The van der Waals surface area contributed by atoms with Crippen molar-refractivity contribution in [3.05, 3.63) is 80.2 Å². The minimum atomic E-state index is -0.294. The second-order valence-corrected chi connectivity index (χ2v) is 10.2. The maximum absolute atomic E-state index is 13.7. The molecule has 172 valence electrons. The van der Waals surface area contributed by atoms with Crippen molar-refractivity contribution in [2.75, 3.05) is 5.75 Å². The summed E-state index contributed by atoms with van der Waals surface area (Å²) in [6, 6.07) is 10.6. The first-order valence-corrected chi connectivity index (χ1v) is 13.0. The zero-order valence-electron chi connectivity index (χ0n) is 18.0.